The zero-order chi connectivity index (χ0) is 18.1. The highest BCUT2D eigenvalue weighted by atomic mass is 16.5. The Morgan fingerprint density at radius 3 is 2.64 bits per heavy atom. The van der Waals surface area contributed by atoms with Crippen LogP contribution in [-0.2, 0) is 11.4 Å². The Kier molecular flexibility index (Phi) is 7.04. The quantitative estimate of drug-likeness (QED) is 0.725. The number of nitrogens with one attached hydrogen (secondary N) is 1. The second kappa shape index (κ2) is 9.49. The lowest BCUT2D eigenvalue weighted by Gasteiger charge is -2.09. The Labute approximate surface area is 147 Å². The van der Waals surface area contributed by atoms with E-state index in [1.54, 1.807) is 13.2 Å². The summed E-state index contributed by atoms with van der Waals surface area (Å²) in [5.74, 6) is 1.37. The maximum absolute atomic E-state index is 11.4. The molecule has 2 aromatic carbocycles. The van der Waals surface area contributed by atoms with E-state index in [2.05, 4.69) is 5.32 Å². The van der Waals surface area contributed by atoms with Crippen LogP contribution in [0.5, 0.6) is 11.5 Å². The molecule has 0 radical (unpaired) electrons. The fourth-order valence-corrected chi connectivity index (χ4v) is 2.21. The van der Waals surface area contributed by atoms with E-state index in [0.717, 1.165) is 28.2 Å². The molecule has 0 bridgehead atoms. The smallest absolute Gasteiger partial charge is 0.244 e. The average Bonchev–Trinajstić information content (AvgIpc) is 2.64. The molecule has 132 valence electrons. The van der Waals surface area contributed by atoms with Gasteiger partial charge in [-0.25, -0.2) is 0 Å². The third-order valence-corrected chi connectivity index (χ3v) is 3.60. The third kappa shape index (κ3) is 5.97. The number of aliphatic hydroxyl groups excluding tert-OH is 1. The highest BCUT2D eigenvalue weighted by Gasteiger charge is 2.02. The number of methoxy groups -OCH3 is 1. The zero-order valence-corrected chi connectivity index (χ0v) is 14.5. The van der Waals surface area contributed by atoms with E-state index in [0.29, 0.717) is 6.61 Å². The van der Waals surface area contributed by atoms with Crippen LogP contribution in [0.15, 0.2) is 48.5 Å². The summed E-state index contributed by atoms with van der Waals surface area (Å²) in [5, 5.41) is 11.2. The van der Waals surface area contributed by atoms with Gasteiger partial charge in [0, 0.05) is 12.6 Å². The highest BCUT2D eigenvalue weighted by Crippen LogP contribution is 2.21. The molecule has 0 heterocycles. The molecule has 2 aromatic rings. The highest BCUT2D eigenvalue weighted by molar-refractivity contribution is 5.91. The first-order chi connectivity index (χ1) is 12.1. The van der Waals surface area contributed by atoms with Gasteiger partial charge in [-0.1, -0.05) is 24.3 Å². The zero-order valence-electron chi connectivity index (χ0n) is 14.5. The molecule has 0 unspecified atom stereocenters. The van der Waals surface area contributed by atoms with E-state index in [4.69, 9.17) is 14.6 Å². The van der Waals surface area contributed by atoms with Crippen LogP contribution in [0, 0.1) is 6.92 Å². The van der Waals surface area contributed by atoms with Crippen LogP contribution in [0.3, 0.4) is 0 Å². The Morgan fingerprint density at radius 2 is 1.96 bits per heavy atom. The summed E-state index contributed by atoms with van der Waals surface area (Å²) >= 11 is 0. The second-order valence-corrected chi connectivity index (χ2v) is 5.51. The van der Waals surface area contributed by atoms with E-state index in [1.807, 2.05) is 49.4 Å². The molecule has 5 nitrogen and oxygen atoms in total. The Bertz CT molecular complexity index is 723. The Hall–Kier alpha value is -2.79. The standard InChI is InChI=1S/C20H23NO4/c1-15-3-4-17(13-19(15)24-2)14-25-18-8-5-16(6-9-18)7-10-20(23)21-11-12-22/h3-10,13,22H,11-12,14H2,1-2H3,(H,21,23)/b10-7+. The Balaban J connectivity index is 1.90. The number of aryl methyl sites for hydroxylation is 1. The lowest BCUT2D eigenvalue weighted by Crippen LogP contribution is -2.24. The maximum atomic E-state index is 11.4. The van der Waals surface area contributed by atoms with Crippen LogP contribution in [0.4, 0.5) is 0 Å². The van der Waals surface area contributed by atoms with Crippen LogP contribution >= 0.6 is 0 Å². The number of carbonyl (C=O) groups excluding carboxylic acids is 1. The van der Waals surface area contributed by atoms with E-state index >= 15 is 0 Å². The van der Waals surface area contributed by atoms with Crippen molar-refractivity contribution < 1.29 is 19.4 Å². The number of rotatable bonds is 8. The number of aliphatic hydroxyl groups is 1. The van der Waals surface area contributed by atoms with Gasteiger partial charge in [0.25, 0.3) is 0 Å². The lowest BCUT2D eigenvalue weighted by molar-refractivity contribution is -0.116. The molecule has 1 amide bonds. The number of carbonyl (C=O) groups is 1. The predicted octanol–water partition coefficient (Wildman–Crippen LogP) is 2.70. The molecule has 25 heavy (non-hydrogen) atoms. The summed E-state index contributed by atoms with van der Waals surface area (Å²) in [6.45, 7) is 2.63. The van der Waals surface area contributed by atoms with Gasteiger partial charge in [0.15, 0.2) is 0 Å². The van der Waals surface area contributed by atoms with Crippen molar-refractivity contribution >= 4 is 12.0 Å². The van der Waals surface area contributed by atoms with Crippen molar-refractivity contribution in [2.45, 2.75) is 13.5 Å². The van der Waals surface area contributed by atoms with Gasteiger partial charge >= 0.3 is 0 Å². The molecule has 5 heteroatoms. The molecule has 0 aromatic heterocycles. The first-order valence-electron chi connectivity index (χ1n) is 8.05. The van der Waals surface area contributed by atoms with Crippen LogP contribution in [0.1, 0.15) is 16.7 Å². The van der Waals surface area contributed by atoms with Gasteiger partial charge < -0.3 is 19.9 Å². The van der Waals surface area contributed by atoms with Crippen molar-refractivity contribution in [3.8, 4) is 11.5 Å². The first-order valence-corrected chi connectivity index (χ1v) is 8.05. The summed E-state index contributed by atoms with van der Waals surface area (Å²) in [6, 6.07) is 13.5. The average molecular weight is 341 g/mol. The summed E-state index contributed by atoms with van der Waals surface area (Å²) in [4.78, 5) is 11.4. The van der Waals surface area contributed by atoms with Gasteiger partial charge in [0.1, 0.15) is 18.1 Å². The Morgan fingerprint density at radius 1 is 1.20 bits per heavy atom. The minimum atomic E-state index is -0.234. The van der Waals surface area contributed by atoms with E-state index in [9.17, 15) is 4.79 Å². The lowest BCUT2D eigenvalue weighted by atomic mass is 10.1. The van der Waals surface area contributed by atoms with E-state index < -0.39 is 0 Å². The van der Waals surface area contributed by atoms with Gasteiger partial charge in [-0.3, -0.25) is 4.79 Å². The normalized spacial score (nSPS) is 10.7. The van der Waals surface area contributed by atoms with Crippen molar-refractivity contribution in [3.05, 3.63) is 65.2 Å². The summed E-state index contributed by atoms with van der Waals surface area (Å²) in [7, 11) is 1.66. The molecule has 0 saturated heterocycles. The van der Waals surface area contributed by atoms with E-state index in [-0.39, 0.29) is 19.1 Å². The largest absolute Gasteiger partial charge is 0.496 e. The minimum Gasteiger partial charge on any atom is -0.496 e. The monoisotopic (exact) mass is 341 g/mol. The molecule has 0 spiro atoms. The molecule has 0 atom stereocenters. The van der Waals surface area contributed by atoms with Gasteiger partial charge in [-0.05, 0) is 47.9 Å². The number of amides is 1. The molecule has 0 fully saturated rings. The maximum Gasteiger partial charge on any atom is 0.244 e. The van der Waals surface area contributed by atoms with Crippen molar-refractivity contribution in [2.24, 2.45) is 0 Å². The summed E-state index contributed by atoms with van der Waals surface area (Å²) in [5.41, 5.74) is 3.01. The fourth-order valence-electron chi connectivity index (χ4n) is 2.21. The van der Waals surface area contributed by atoms with Crippen LogP contribution in [-0.4, -0.2) is 31.3 Å². The van der Waals surface area contributed by atoms with Gasteiger partial charge in [-0.2, -0.15) is 0 Å². The van der Waals surface area contributed by atoms with Crippen LogP contribution in [0.2, 0.25) is 0 Å². The number of hydrogen-bond donors (Lipinski definition) is 2. The molecule has 0 aliphatic heterocycles. The molecule has 0 aliphatic carbocycles. The second-order valence-electron chi connectivity index (χ2n) is 5.51. The van der Waals surface area contributed by atoms with Gasteiger partial charge in [0.2, 0.25) is 5.91 Å². The number of benzene rings is 2. The third-order valence-electron chi connectivity index (χ3n) is 3.60. The van der Waals surface area contributed by atoms with Crippen molar-refractivity contribution in [3.63, 3.8) is 0 Å². The van der Waals surface area contributed by atoms with E-state index in [1.165, 1.54) is 6.08 Å². The number of ether oxygens (including phenoxy) is 2. The topological polar surface area (TPSA) is 67.8 Å². The van der Waals surface area contributed by atoms with Crippen LogP contribution in [0.25, 0.3) is 6.08 Å². The molecule has 2 N–H and O–H groups in total. The first kappa shape index (κ1) is 18.5. The van der Waals surface area contributed by atoms with Gasteiger partial charge in [0.05, 0.1) is 13.7 Å². The van der Waals surface area contributed by atoms with Gasteiger partial charge in [-0.15, -0.1) is 0 Å². The summed E-state index contributed by atoms with van der Waals surface area (Å²) in [6.07, 6.45) is 3.14. The van der Waals surface area contributed by atoms with Crippen LogP contribution < -0.4 is 14.8 Å². The van der Waals surface area contributed by atoms with Crippen molar-refractivity contribution in [1.82, 2.24) is 5.32 Å². The molecule has 0 aliphatic rings. The van der Waals surface area contributed by atoms with Crippen molar-refractivity contribution in [2.75, 3.05) is 20.3 Å². The summed E-state index contributed by atoms with van der Waals surface area (Å²) < 4.78 is 11.1. The molecule has 2 rings (SSSR count). The predicted molar refractivity (Wildman–Crippen MR) is 97.6 cm³/mol. The number of hydrogen-bond acceptors (Lipinski definition) is 4. The SMILES string of the molecule is COc1cc(COc2ccc(/C=C/C(=O)NCCO)cc2)ccc1C. The minimum absolute atomic E-state index is 0.0710. The molecular weight excluding hydrogens is 318 g/mol. The van der Waals surface area contributed by atoms with Crippen molar-refractivity contribution in [1.29, 1.82) is 0 Å². The molecule has 0 saturated carbocycles. The molecular formula is C20H23NO4. The fraction of sp³-hybridized carbons (Fsp3) is 0.250.